The van der Waals surface area contributed by atoms with E-state index in [2.05, 4.69) is 10.3 Å². The number of amides is 1. The first-order valence-corrected chi connectivity index (χ1v) is 7.68. The maximum atomic E-state index is 11.7. The number of anilines is 1. The maximum absolute atomic E-state index is 11.7. The summed E-state index contributed by atoms with van der Waals surface area (Å²) in [6.07, 6.45) is 2.59. The van der Waals surface area contributed by atoms with E-state index in [-0.39, 0.29) is 24.7 Å². The lowest BCUT2D eigenvalue weighted by atomic mass is 10.2. The highest BCUT2D eigenvalue weighted by molar-refractivity contribution is 7.13. The highest BCUT2D eigenvalue weighted by Crippen LogP contribution is 2.40. The molecule has 20 heavy (non-hydrogen) atoms. The molecule has 0 atom stereocenters. The van der Waals surface area contributed by atoms with Crippen LogP contribution in [0.3, 0.4) is 0 Å². The summed E-state index contributed by atoms with van der Waals surface area (Å²) >= 11 is 1.43. The first kappa shape index (κ1) is 15.0. The van der Waals surface area contributed by atoms with E-state index in [1.165, 1.54) is 24.2 Å². The number of nitrogens with one attached hydrogen (secondary N) is 1. The second kappa shape index (κ2) is 5.91. The Morgan fingerprint density at radius 2 is 2.10 bits per heavy atom. The van der Waals surface area contributed by atoms with Crippen LogP contribution in [0.2, 0.25) is 0 Å². The van der Waals surface area contributed by atoms with Gasteiger partial charge < -0.3 is 10.1 Å². The van der Waals surface area contributed by atoms with Crippen LogP contribution in [-0.2, 0) is 14.3 Å². The monoisotopic (exact) mass is 296 g/mol. The molecule has 0 aromatic carbocycles. The van der Waals surface area contributed by atoms with Crippen molar-refractivity contribution in [2.24, 2.45) is 0 Å². The molecule has 0 spiro atoms. The molecular formula is C14H20N2O3S. The molecule has 1 N–H and O–H groups in total. The topological polar surface area (TPSA) is 68.3 Å². The molecule has 1 saturated carbocycles. The lowest BCUT2D eigenvalue weighted by Gasteiger charge is -2.19. The Morgan fingerprint density at radius 3 is 2.70 bits per heavy atom. The molecule has 5 nitrogen and oxygen atoms in total. The first-order valence-electron chi connectivity index (χ1n) is 6.80. The summed E-state index contributed by atoms with van der Waals surface area (Å²) in [4.78, 5) is 27.6. The molecule has 0 saturated heterocycles. The van der Waals surface area contributed by atoms with E-state index in [1.54, 1.807) is 20.8 Å². The molecule has 0 aliphatic heterocycles. The Bertz CT molecular complexity index is 501. The zero-order valence-corrected chi connectivity index (χ0v) is 12.9. The van der Waals surface area contributed by atoms with Gasteiger partial charge in [0, 0.05) is 17.7 Å². The molecule has 1 heterocycles. The summed E-state index contributed by atoms with van der Waals surface area (Å²) < 4.78 is 5.15. The third-order valence-electron chi connectivity index (χ3n) is 2.74. The van der Waals surface area contributed by atoms with Crippen molar-refractivity contribution >= 4 is 28.3 Å². The Balaban J connectivity index is 1.73. The second-order valence-electron chi connectivity index (χ2n) is 5.99. The molecule has 1 aromatic rings. The number of esters is 1. The smallest absolute Gasteiger partial charge is 0.306 e. The number of carbonyl (C=O) groups excluding carboxylic acids is 2. The van der Waals surface area contributed by atoms with Gasteiger partial charge >= 0.3 is 5.97 Å². The molecular weight excluding hydrogens is 276 g/mol. The van der Waals surface area contributed by atoms with Crippen LogP contribution in [0.5, 0.6) is 0 Å². The van der Waals surface area contributed by atoms with Crippen molar-refractivity contribution in [2.45, 2.75) is 58.0 Å². The van der Waals surface area contributed by atoms with Crippen LogP contribution in [0.4, 0.5) is 5.13 Å². The van der Waals surface area contributed by atoms with Crippen molar-refractivity contribution in [1.29, 1.82) is 0 Å². The van der Waals surface area contributed by atoms with Gasteiger partial charge in [-0.25, -0.2) is 4.98 Å². The molecule has 1 aliphatic rings. The molecule has 0 bridgehead atoms. The van der Waals surface area contributed by atoms with Gasteiger partial charge in [-0.05, 0) is 33.6 Å². The number of nitrogens with zero attached hydrogens (tertiary/aromatic N) is 1. The molecule has 0 unspecified atom stereocenters. The third kappa shape index (κ3) is 4.92. The zero-order chi connectivity index (χ0) is 14.8. The Kier molecular flexibility index (Phi) is 4.42. The van der Waals surface area contributed by atoms with Crippen LogP contribution in [0, 0.1) is 0 Å². The fourth-order valence-electron chi connectivity index (χ4n) is 1.70. The molecule has 1 aliphatic carbocycles. The van der Waals surface area contributed by atoms with E-state index in [0.717, 1.165) is 5.69 Å². The number of ether oxygens (including phenoxy) is 1. The fourth-order valence-corrected chi connectivity index (χ4v) is 2.51. The Labute approximate surface area is 122 Å². The summed E-state index contributed by atoms with van der Waals surface area (Å²) in [6.45, 7) is 5.42. The number of hydrogen-bond donors (Lipinski definition) is 1. The van der Waals surface area contributed by atoms with Crippen molar-refractivity contribution in [2.75, 3.05) is 5.32 Å². The highest BCUT2D eigenvalue weighted by Gasteiger charge is 2.26. The highest BCUT2D eigenvalue weighted by atomic mass is 32.1. The molecule has 6 heteroatoms. The Hall–Kier alpha value is -1.43. The summed E-state index contributed by atoms with van der Waals surface area (Å²) in [6, 6.07) is 0. The van der Waals surface area contributed by atoms with Crippen molar-refractivity contribution in [3.63, 3.8) is 0 Å². The standard InChI is InChI=1S/C14H20N2O3S/c1-14(2,3)19-12(18)7-6-11(17)16-13-15-10(8-20-13)9-4-5-9/h8-9H,4-7H2,1-3H3,(H,15,16,17). The van der Waals surface area contributed by atoms with E-state index < -0.39 is 5.60 Å². The largest absolute Gasteiger partial charge is 0.460 e. The molecule has 1 aromatic heterocycles. The first-order chi connectivity index (χ1) is 9.33. The van der Waals surface area contributed by atoms with E-state index in [1.807, 2.05) is 5.38 Å². The van der Waals surface area contributed by atoms with Gasteiger partial charge in [0.2, 0.25) is 5.91 Å². The fraction of sp³-hybridized carbons (Fsp3) is 0.643. The van der Waals surface area contributed by atoms with Crippen LogP contribution >= 0.6 is 11.3 Å². The minimum atomic E-state index is -0.512. The second-order valence-corrected chi connectivity index (χ2v) is 6.84. The van der Waals surface area contributed by atoms with Gasteiger partial charge in [0.1, 0.15) is 5.60 Å². The number of thiazole rings is 1. The normalized spacial score (nSPS) is 14.9. The average Bonchev–Trinajstić information content (AvgIpc) is 3.06. The minimum absolute atomic E-state index is 0.0873. The molecule has 2 rings (SSSR count). The Morgan fingerprint density at radius 1 is 1.40 bits per heavy atom. The summed E-state index contributed by atoms with van der Waals surface area (Å²) in [5.74, 6) is 0.0247. The predicted octanol–water partition coefficient (Wildman–Crippen LogP) is 3.08. The van der Waals surface area contributed by atoms with Crippen molar-refractivity contribution in [1.82, 2.24) is 4.98 Å². The van der Waals surface area contributed by atoms with Gasteiger partial charge in [0.15, 0.2) is 5.13 Å². The van der Waals surface area contributed by atoms with Crippen LogP contribution < -0.4 is 5.32 Å². The van der Waals surface area contributed by atoms with E-state index in [4.69, 9.17) is 4.74 Å². The van der Waals surface area contributed by atoms with E-state index in [0.29, 0.717) is 11.0 Å². The van der Waals surface area contributed by atoms with Crippen LogP contribution in [0.1, 0.15) is 58.1 Å². The summed E-state index contributed by atoms with van der Waals surface area (Å²) in [7, 11) is 0. The summed E-state index contributed by atoms with van der Waals surface area (Å²) in [5, 5.41) is 5.32. The van der Waals surface area contributed by atoms with Gasteiger partial charge in [-0.3, -0.25) is 9.59 Å². The quantitative estimate of drug-likeness (QED) is 0.848. The van der Waals surface area contributed by atoms with E-state index in [9.17, 15) is 9.59 Å². The number of hydrogen-bond acceptors (Lipinski definition) is 5. The number of rotatable bonds is 5. The van der Waals surface area contributed by atoms with Crippen LogP contribution in [-0.4, -0.2) is 22.5 Å². The lowest BCUT2D eigenvalue weighted by Crippen LogP contribution is -2.24. The van der Waals surface area contributed by atoms with Gasteiger partial charge in [0.25, 0.3) is 0 Å². The van der Waals surface area contributed by atoms with Crippen LogP contribution in [0.15, 0.2) is 5.38 Å². The van der Waals surface area contributed by atoms with E-state index >= 15 is 0 Å². The average molecular weight is 296 g/mol. The number of aromatic nitrogens is 1. The zero-order valence-electron chi connectivity index (χ0n) is 12.1. The maximum Gasteiger partial charge on any atom is 0.306 e. The summed E-state index contributed by atoms with van der Waals surface area (Å²) in [5.41, 5.74) is 0.555. The number of carbonyl (C=O) groups is 2. The minimum Gasteiger partial charge on any atom is -0.460 e. The molecule has 1 fully saturated rings. The molecule has 0 radical (unpaired) electrons. The van der Waals surface area contributed by atoms with Crippen molar-refractivity contribution in [3.8, 4) is 0 Å². The van der Waals surface area contributed by atoms with Gasteiger partial charge in [-0.15, -0.1) is 11.3 Å². The van der Waals surface area contributed by atoms with Gasteiger partial charge in [-0.2, -0.15) is 0 Å². The van der Waals surface area contributed by atoms with Gasteiger partial charge in [0.05, 0.1) is 12.1 Å². The van der Waals surface area contributed by atoms with Crippen molar-refractivity contribution in [3.05, 3.63) is 11.1 Å². The molecule has 110 valence electrons. The SMILES string of the molecule is CC(C)(C)OC(=O)CCC(=O)Nc1nc(C2CC2)cs1. The molecule has 1 amide bonds. The van der Waals surface area contributed by atoms with Crippen molar-refractivity contribution < 1.29 is 14.3 Å². The van der Waals surface area contributed by atoms with Crippen LogP contribution in [0.25, 0.3) is 0 Å². The lowest BCUT2D eigenvalue weighted by molar-refractivity contribution is -0.155. The predicted molar refractivity (Wildman–Crippen MR) is 77.8 cm³/mol. The van der Waals surface area contributed by atoms with Gasteiger partial charge in [-0.1, -0.05) is 0 Å². The third-order valence-corrected chi connectivity index (χ3v) is 3.52.